The highest BCUT2D eigenvalue weighted by molar-refractivity contribution is 9.10. The zero-order chi connectivity index (χ0) is 13.8. The summed E-state index contributed by atoms with van der Waals surface area (Å²) >= 11 is 3.33. The first-order valence-electron chi connectivity index (χ1n) is 5.95. The van der Waals surface area contributed by atoms with Gasteiger partial charge in [-0.25, -0.2) is 0 Å². The van der Waals surface area contributed by atoms with Gasteiger partial charge in [-0.05, 0) is 36.2 Å². The van der Waals surface area contributed by atoms with Crippen LogP contribution in [0.3, 0.4) is 0 Å². The summed E-state index contributed by atoms with van der Waals surface area (Å²) in [5.41, 5.74) is 9.17. The van der Waals surface area contributed by atoms with Crippen LogP contribution in [0.4, 0.5) is 11.4 Å². The standard InChI is InChI=1S/C15H15BrN2O/c1-10-4-2-3-5-11(10)8-15(19)18-14-7-6-12(16)9-13(14)17/h2-7,9H,8,17H2,1H3,(H,18,19). The van der Waals surface area contributed by atoms with Gasteiger partial charge in [-0.1, -0.05) is 40.2 Å². The van der Waals surface area contributed by atoms with Crippen LogP contribution in [0.15, 0.2) is 46.9 Å². The van der Waals surface area contributed by atoms with E-state index in [0.29, 0.717) is 17.8 Å². The van der Waals surface area contributed by atoms with Crippen LogP contribution < -0.4 is 11.1 Å². The predicted octanol–water partition coefficient (Wildman–Crippen LogP) is 3.52. The van der Waals surface area contributed by atoms with Gasteiger partial charge in [0.25, 0.3) is 0 Å². The summed E-state index contributed by atoms with van der Waals surface area (Å²) in [4.78, 5) is 12.0. The highest BCUT2D eigenvalue weighted by atomic mass is 79.9. The second-order valence-electron chi connectivity index (χ2n) is 4.38. The molecule has 0 aliphatic heterocycles. The molecule has 19 heavy (non-hydrogen) atoms. The van der Waals surface area contributed by atoms with Crippen LogP contribution in [0, 0.1) is 6.92 Å². The number of nitrogens with two attached hydrogens (primary N) is 1. The molecule has 0 heterocycles. The van der Waals surface area contributed by atoms with E-state index in [1.54, 1.807) is 12.1 Å². The summed E-state index contributed by atoms with van der Waals surface area (Å²) in [6.07, 6.45) is 0.349. The van der Waals surface area contributed by atoms with Crippen LogP contribution in [0.2, 0.25) is 0 Å². The average Bonchev–Trinajstić information content (AvgIpc) is 2.36. The van der Waals surface area contributed by atoms with Crippen molar-refractivity contribution >= 4 is 33.2 Å². The Balaban J connectivity index is 2.08. The van der Waals surface area contributed by atoms with Crippen molar-refractivity contribution in [2.75, 3.05) is 11.1 Å². The molecule has 2 rings (SSSR count). The second kappa shape index (κ2) is 5.89. The van der Waals surface area contributed by atoms with Crippen molar-refractivity contribution in [3.8, 4) is 0 Å². The van der Waals surface area contributed by atoms with Gasteiger partial charge in [0.1, 0.15) is 0 Å². The van der Waals surface area contributed by atoms with Crippen molar-refractivity contribution in [3.63, 3.8) is 0 Å². The minimum atomic E-state index is -0.0664. The normalized spacial score (nSPS) is 10.2. The van der Waals surface area contributed by atoms with E-state index in [-0.39, 0.29) is 5.91 Å². The van der Waals surface area contributed by atoms with E-state index in [1.165, 1.54) is 0 Å². The van der Waals surface area contributed by atoms with E-state index in [0.717, 1.165) is 15.6 Å². The minimum Gasteiger partial charge on any atom is -0.397 e. The third-order valence-electron chi connectivity index (χ3n) is 2.90. The summed E-state index contributed by atoms with van der Waals surface area (Å²) in [5.74, 6) is -0.0664. The fraction of sp³-hybridized carbons (Fsp3) is 0.133. The zero-order valence-electron chi connectivity index (χ0n) is 10.6. The van der Waals surface area contributed by atoms with Crippen LogP contribution >= 0.6 is 15.9 Å². The lowest BCUT2D eigenvalue weighted by Gasteiger charge is -2.09. The van der Waals surface area contributed by atoms with E-state index >= 15 is 0 Å². The Morgan fingerprint density at radius 3 is 2.68 bits per heavy atom. The Morgan fingerprint density at radius 2 is 2.00 bits per heavy atom. The second-order valence-corrected chi connectivity index (χ2v) is 5.30. The van der Waals surface area contributed by atoms with Gasteiger partial charge in [-0.3, -0.25) is 4.79 Å². The quantitative estimate of drug-likeness (QED) is 0.851. The van der Waals surface area contributed by atoms with Crippen molar-refractivity contribution in [1.29, 1.82) is 0 Å². The topological polar surface area (TPSA) is 55.1 Å². The molecule has 1 amide bonds. The average molecular weight is 319 g/mol. The Morgan fingerprint density at radius 1 is 1.26 bits per heavy atom. The summed E-state index contributed by atoms with van der Waals surface area (Å²) in [6.45, 7) is 2.00. The molecule has 2 aromatic rings. The van der Waals surface area contributed by atoms with E-state index in [2.05, 4.69) is 21.2 Å². The van der Waals surface area contributed by atoms with Gasteiger partial charge in [0.15, 0.2) is 0 Å². The first-order valence-corrected chi connectivity index (χ1v) is 6.75. The molecule has 2 aromatic carbocycles. The summed E-state index contributed by atoms with van der Waals surface area (Å²) in [7, 11) is 0. The Kier molecular flexibility index (Phi) is 4.22. The number of benzene rings is 2. The van der Waals surface area contributed by atoms with Gasteiger partial charge in [-0.15, -0.1) is 0 Å². The maximum Gasteiger partial charge on any atom is 0.228 e. The van der Waals surface area contributed by atoms with Crippen LogP contribution in [0.1, 0.15) is 11.1 Å². The van der Waals surface area contributed by atoms with Gasteiger partial charge >= 0.3 is 0 Å². The molecule has 0 saturated carbocycles. The van der Waals surface area contributed by atoms with E-state index < -0.39 is 0 Å². The number of hydrogen-bond donors (Lipinski definition) is 2. The zero-order valence-corrected chi connectivity index (χ0v) is 12.2. The SMILES string of the molecule is Cc1ccccc1CC(=O)Nc1ccc(Br)cc1N. The monoisotopic (exact) mass is 318 g/mol. The summed E-state index contributed by atoms with van der Waals surface area (Å²) in [6, 6.07) is 13.3. The van der Waals surface area contributed by atoms with Gasteiger partial charge in [-0.2, -0.15) is 0 Å². The van der Waals surface area contributed by atoms with Crippen molar-refractivity contribution in [1.82, 2.24) is 0 Å². The lowest BCUT2D eigenvalue weighted by molar-refractivity contribution is -0.115. The first kappa shape index (κ1) is 13.6. The lowest BCUT2D eigenvalue weighted by atomic mass is 10.1. The van der Waals surface area contributed by atoms with Gasteiger partial charge < -0.3 is 11.1 Å². The molecular formula is C15H15BrN2O. The molecule has 0 fully saturated rings. The minimum absolute atomic E-state index is 0.0664. The third kappa shape index (κ3) is 3.58. The number of anilines is 2. The number of carbonyl (C=O) groups excluding carboxylic acids is 1. The molecule has 0 atom stereocenters. The van der Waals surface area contributed by atoms with Crippen molar-refractivity contribution in [2.45, 2.75) is 13.3 Å². The number of halogens is 1. The lowest BCUT2D eigenvalue weighted by Crippen LogP contribution is -2.16. The number of nitrogen functional groups attached to an aromatic ring is 1. The van der Waals surface area contributed by atoms with Crippen molar-refractivity contribution in [2.24, 2.45) is 0 Å². The molecule has 0 spiro atoms. The Bertz CT molecular complexity index is 611. The molecule has 98 valence electrons. The predicted molar refractivity (Wildman–Crippen MR) is 82.1 cm³/mol. The first-order chi connectivity index (χ1) is 9.06. The molecule has 0 saturated heterocycles. The van der Waals surface area contributed by atoms with Crippen molar-refractivity contribution in [3.05, 3.63) is 58.1 Å². The molecule has 0 aliphatic rings. The molecule has 3 N–H and O–H groups in total. The summed E-state index contributed by atoms with van der Waals surface area (Å²) < 4.78 is 0.891. The number of aryl methyl sites for hydroxylation is 1. The Labute approximate surface area is 121 Å². The van der Waals surface area contributed by atoms with Crippen LogP contribution in [-0.2, 0) is 11.2 Å². The smallest absolute Gasteiger partial charge is 0.228 e. The molecule has 0 aromatic heterocycles. The van der Waals surface area contributed by atoms with E-state index in [1.807, 2.05) is 37.3 Å². The largest absolute Gasteiger partial charge is 0.397 e. The van der Waals surface area contributed by atoms with Gasteiger partial charge in [0.2, 0.25) is 5.91 Å². The van der Waals surface area contributed by atoms with Gasteiger partial charge in [0, 0.05) is 4.47 Å². The van der Waals surface area contributed by atoms with E-state index in [4.69, 9.17) is 5.73 Å². The molecular weight excluding hydrogens is 304 g/mol. The highest BCUT2D eigenvalue weighted by Crippen LogP contribution is 2.23. The van der Waals surface area contributed by atoms with Crippen LogP contribution in [0.5, 0.6) is 0 Å². The van der Waals surface area contributed by atoms with Crippen molar-refractivity contribution < 1.29 is 4.79 Å². The fourth-order valence-corrected chi connectivity index (χ4v) is 2.20. The molecule has 0 bridgehead atoms. The van der Waals surface area contributed by atoms with Crippen LogP contribution in [0.25, 0.3) is 0 Å². The van der Waals surface area contributed by atoms with Crippen LogP contribution in [-0.4, -0.2) is 5.91 Å². The van der Waals surface area contributed by atoms with Gasteiger partial charge in [0.05, 0.1) is 17.8 Å². The Hall–Kier alpha value is -1.81. The molecule has 4 heteroatoms. The highest BCUT2D eigenvalue weighted by Gasteiger charge is 2.08. The molecule has 3 nitrogen and oxygen atoms in total. The number of amides is 1. The molecule has 0 radical (unpaired) electrons. The number of hydrogen-bond acceptors (Lipinski definition) is 2. The fourth-order valence-electron chi connectivity index (χ4n) is 1.82. The molecule has 0 unspecified atom stereocenters. The third-order valence-corrected chi connectivity index (χ3v) is 3.39. The summed E-state index contributed by atoms with van der Waals surface area (Å²) in [5, 5.41) is 2.83. The maximum absolute atomic E-state index is 12.0. The number of rotatable bonds is 3. The molecule has 0 aliphatic carbocycles. The van der Waals surface area contributed by atoms with E-state index in [9.17, 15) is 4.79 Å². The maximum atomic E-state index is 12.0. The number of nitrogens with one attached hydrogen (secondary N) is 1. The number of carbonyl (C=O) groups is 1.